The first kappa shape index (κ1) is 22.0. The van der Waals surface area contributed by atoms with Crippen molar-refractivity contribution < 1.29 is 18.1 Å². The van der Waals surface area contributed by atoms with Crippen LogP contribution in [0, 0.1) is 13.8 Å². The Labute approximate surface area is 168 Å². The molecule has 0 amide bonds. The van der Waals surface area contributed by atoms with E-state index >= 15 is 0 Å². The normalized spacial score (nSPS) is 15.7. The Morgan fingerprint density at radius 1 is 1.26 bits per heavy atom. The number of hydrogen-bond acceptors (Lipinski definition) is 4. The fourth-order valence-electron chi connectivity index (χ4n) is 2.93. The minimum absolute atomic E-state index is 0.261. The van der Waals surface area contributed by atoms with E-state index in [4.69, 9.17) is 17.0 Å². The summed E-state index contributed by atoms with van der Waals surface area (Å²) in [7, 11) is -0.435. The molecule has 2 rings (SSSR count). The molecule has 0 aromatic heterocycles. The van der Waals surface area contributed by atoms with Crippen molar-refractivity contribution >= 4 is 33.0 Å². The Morgan fingerprint density at radius 2 is 1.93 bits per heavy atom. The number of thiocarbonyl (C=S) groups is 1. The molecule has 0 spiro atoms. The van der Waals surface area contributed by atoms with Crippen molar-refractivity contribution in [2.24, 2.45) is 0 Å². The Kier molecular flexibility index (Phi) is 7.99. The summed E-state index contributed by atoms with van der Waals surface area (Å²) in [6, 6.07) is 3.33. The minimum Gasteiger partial charge on any atom is -0.370 e. The molecule has 0 aliphatic carbocycles. The van der Waals surface area contributed by atoms with E-state index in [0.717, 1.165) is 56.9 Å². The van der Waals surface area contributed by atoms with Gasteiger partial charge in [-0.05, 0) is 49.3 Å². The number of quaternary nitrogens is 1. The van der Waals surface area contributed by atoms with Crippen LogP contribution in [0.2, 0.25) is 0 Å². The summed E-state index contributed by atoms with van der Waals surface area (Å²) in [6.07, 6.45) is 1.02. The van der Waals surface area contributed by atoms with E-state index in [1.807, 2.05) is 13.8 Å². The summed E-state index contributed by atoms with van der Waals surface area (Å²) >= 11 is 5.39. The summed E-state index contributed by atoms with van der Waals surface area (Å²) < 4.78 is 31.4. The molecule has 1 saturated heterocycles. The summed E-state index contributed by atoms with van der Waals surface area (Å²) in [6.45, 7) is 9.53. The molecule has 0 radical (unpaired) electrons. The molecular weight excluding hydrogens is 384 g/mol. The standard InChI is InChI=1S/C18H30N4O3S2/c1-14-12-16(27(23,24)21(3)4)13-17(15(14)2)20-18(26)19-6-5-7-22-8-10-25-11-9-22/h12-13H,5-11H2,1-4H3,(H2,19,20,26)/p+1. The van der Waals surface area contributed by atoms with Gasteiger partial charge in [-0.1, -0.05) is 0 Å². The number of hydrogen-bond donors (Lipinski definition) is 3. The average Bonchev–Trinajstić information content (AvgIpc) is 2.63. The van der Waals surface area contributed by atoms with Gasteiger partial charge in [0.05, 0.1) is 24.7 Å². The lowest BCUT2D eigenvalue weighted by Gasteiger charge is -2.23. The predicted molar refractivity (Wildman–Crippen MR) is 112 cm³/mol. The van der Waals surface area contributed by atoms with Gasteiger partial charge in [0.25, 0.3) is 0 Å². The van der Waals surface area contributed by atoms with Crippen molar-refractivity contribution in [3.63, 3.8) is 0 Å². The first-order valence-corrected chi connectivity index (χ1v) is 11.1. The van der Waals surface area contributed by atoms with Crippen LogP contribution in [0.5, 0.6) is 0 Å². The van der Waals surface area contributed by atoms with Crippen molar-refractivity contribution in [2.75, 3.05) is 58.8 Å². The van der Waals surface area contributed by atoms with Crippen LogP contribution in [-0.2, 0) is 14.8 Å². The number of sulfonamides is 1. The molecule has 0 saturated carbocycles. The van der Waals surface area contributed by atoms with Gasteiger partial charge < -0.3 is 20.3 Å². The summed E-state index contributed by atoms with van der Waals surface area (Å²) in [5, 5.41) is 6.87. The van der Waals surface area contributed by atoms with E-state index in [-0.39, 0.29) is 4.90 Å². The molecule has 1 fully saturated rings. The Morgan fingerprint density at radius 3 is 2.56 bits per heavy atom. The first-order valence-electron chi connectivity index (χ1n) is 9.21. The molecule has 1 aliphatic rings. The van der Waals surface area contributed by atoms with Gasteiger partial charge in [0.15, 0.2) is 5.11 Å². The second-order valence-electron chi connectivity index (χ2n) is 7.05. The van der Waals surface area contributed by atoms with E-state index in [2.05, 4.69) is 10.6 Å². The highest BCUT2D eigenvalue weighted by Crippen LogP contribution is 2.25. The highest BCUT2D eigenvalue weighted by atomic mass is 32.2. The second-order valence-corrected chi connectivity index (χ2v) is 9.61. The van der Waals surface area contributed by atoms with Crippen LogP contribution in [0.25, 0.3) is 0 Å². The largest absolute Gasteiger partial charge is 0.370 e. The molecule has 1 aromatic rings. The number of nitrogens with one attached hydrogen (secondary N) is 3. The molecule has 7 nitrogen and oxygen atoms in total. The van der Waals surface area contributed by atoms with Crippen molar-refractivity contribution in [2.45, 2.75) is 25.2 Å². The lowest BCUT2D eigenvalue weighted by atomic mass is 10.1. The van der Waals surface area contributed by atoms with Gasteiger partial charge in [-0.25, -0.2) is 12.7 Å². The molecule has 0 bridgehead atoms. The van der Waals surface area contributed by atoms with Gasteiger partial charge >= 0.3 is 0 Å². The number of aryl methyl sites for hydroxylation is 1. The van der Waals surface area contributed by atoms with Crippen molar-refractivity contribution in [3.05, 3.63) is 23.3 Å². The van der Waals surface area contributed by atoms with Gasteiger partial charge in [0.2, 0.25) is 10.0 Å². The van der Waals surface area contributed by atoms with E-state index in [1.54, 1.807) is 17.0 Å². The molecule has 0 unspecified atom stereocenters. The van der Waals surface area contributed by atoms with E-state index < -0.39 is 10.0 Å². The van der Waals surface area contributed by atoms with Gasteiger partial charge in [-0.3, -0.25) is 0 Å². The summed E-state index contributed by atoms with van der Waals surface area (Å²) in [5.41, 5.74) is 2.60. The maximum Gasteiger partial charge on any atom is 0.242 e. The highest BCUT2D eigenvalue weighted by molar-refractivity contribution is 7.89. The minimum atomic E-state index is -3.49. The zero-order chi connectivity index (χ0) is 20.0. The van der Waals surface area contributed by atoms with Crippen LogP contribution in [0.1, 0.15) is 17.5 Å². The first-order chi connectivity index (χ1) is 12.7. The van der Waals surface area contributed by atoms with Crippen LogP contribution < -0.4 is 15.5 Å². The molecule has 0 atom stereocenters. The molecule has 9 heteroatoms. The van der Waals surface area contributed by atoms with Crippen LogP contribution in [0.4, 0.5) is 5.69 Å². The van der Waals surface area contributed by atoms with Crippen molar-refractivity contribution in [1.29, 1.82) is 0 Å². The molecule has 152 valence electrons. The average molecular weight is 416 g/mol. The zero-order valence-electron chi connectivity index (χ0n) is 16.6. The van der Waals surface area contributed by atoms with Crippen molar-refractivity contribution in [1.82, 2.24) is 9.62 Å². The third-order valence-corrected chi connectivity index (χ3v) is 6.90. The SMILES string of the molecule is Cc1cc(S(=O)(=O)N(C)C)cc(NC(=S)NCCC[NH+]2CCOCC2)c1C. The van der Waals surface area contributed by atoms with E-state index in [1.165, 1.54) is 18.4 Å². The lowest BCUT2D eigenvalue weighted by molar-refractivity contribution is -0.908. The summed E-state index contributed by atoms with van der Waals surface area (Å²) in [5.74, 6) is 0. The van der Waals surface area contributed by atoms with Crippen LogP contribution in [0.15, 0.2) is 17.0 Å². The second kappa shape index (κ2) is 9.79. The van der Waals surface area contributed by atoms with E-state index in [0.29, 0.717) is 10.8 Å². The molecule has 27 heavy (non-hydrogen) atoms. The molecule has 3 N–H and O–H groups in total. The third-order valence-electron chi connectivity index (χ3n) is 4.86. The molecular formula is C18H31N4O3S2+. The molecule has 1 heterocycles. The Balaban J connectivity index is 1.93. The maximum absolute atomic E-state index is 12.4. The molecule has 1 aromatic carbocycles. The quantitative estimate of drug-likeness (QED) is 0.435. The smallest absolute Gasteiger partial charge is 0.242 e. The van der Waals surface area contributed by atoms with E-state index in [9.17, 15) is 8.42 Å². The topological polar surface area (TPSA) is 75.1 Å². The fraction of sp³-hybridized carbons (Fsp3) is 0.611. The number of anilines is 1. The number of morpholine rings is 1. The van der Waals surface area contributed by atoms with Crippen LogP contribution in [-0.4, -0.2) is 71.3 Å². The number of benzene rings is 1. The number of rotatable bonds is 7. The Bertz CT molecular complexity index is 760. The summed E-state index contributed by atoms with van der Waals surface area (Å²) in [4.78, 5) is 1.83. The van der Waals surface area contributed by atoms with Gasteiger partial charge in [0.1, 0.15) is 13.1 Å². The van der Waals surface area contributed by atoms with Gasteiger partial charge in [0, 0.05) is 32.7 Å². The third kappa shape index (κ3) is 6.11. The van der Waals surface area contributed by atoms with Crippen molar-refractivity contribution in [3.8, 4) is 0 Å². The monoisotopic (exact) mass is 415 g/mol. The van der Waals surface area contributed by atoms with Gasteiger partial charge in [-0.15, -0.1) is 0 Å². The number of ether oxygens (including phenoxy) is 1. The fourth-order valence-corrected chi connectivity index (χ4v) is 4.16. The van der Waals surface area contributed by atoms with Crippen LogP contribution >= 0.6 is 12.2 Å². The number of nitrogens with zero attached hydrogens (tertiary/aromatic N) is 1. The molecule has 1 aliphatic heterocycles. The maximum atomic E-state index is 12.4. The van der Waals surface area contributed by atoms with Gasteiger partial charge in [-0.2, -0.15) is 0 Å². The highest BCUT2D eigenvalue weighted by Gasteiger charge is 2.20. The Hall–Kier alpha value is -1.26. The predicted octanol–water partition coefficient (Wildman–Crippen LogP) is 0.145. The zero-order valence-corrected chi connectivity index (χ0v) is 18.2. The lowest BCUT2D eigenvalue weighted by Crippen LogP contribution is -3.14. The van der Waals surface area contributed by atoms with Crippen LogP contribution in [0.3, 0.4) is 0 Å².